The maximum absolute atomic E-state index is 3.50. The van der Waals surface area contributed by atoms with Crippen LogP contribution in [0.1, 0.15) is 23.1 Å². The van der Waals surface area contributed by atoms with Gasteiger partial charge >= 0.3 is 0 Å². The van der Waals surface area contributed by atoms with Crippen LogP contribution in [0.3, 0.4) is 0 Å². The monoisotopic (exact) mass is 218 g/mol. The van der Waals surface area contributed by atoms with Gasteiger partial charge < -0.3 is 5.32 Å². The Morgan fingerprint density at radius 3 is 2.56 bits per heavy atom. The Bertz CT molecular complexity index is 376. The summed E-state index contributed by atoms with van der Waals surface area (Å²) in [6.07, 6.45) is 1.20. The molecule has 0 aromatic heterocycles. The summed E-state index contributed by atoms with van der Waals surface area (Å²) in [5.41, 5.74) is 4.44. The molecular weight excluding hydrogens is 196 g/mol. The standard InChI is InChI=1S/C14H22N2/c1-11-5-6-12(2)13(9-11)14(16(3)4)7-8-15-10-14/h5-6,9,15H,7-8,10H2,1-4H3. The predicted octanol–water partition coefficient (Wildman–Crippen LogP) is 2.05. The summed E-state index contributed by atoms with van der Waals surface area (Å²) in [6.45, 7) is 6.57. The van der Waals surface area contributed by atoms with Crippen LogP contribution in [-0.2, 0) is 5.54 Å². The lowest BCUT2D eigenvalue weighted by atomic mass is 9.84. The van der Waals surface area contributed by atoms with Gasteiger partial charge in [-0.25, -0.2) is 0 Å². The van der Waals surface area contributed by atoms with Crippen molar-refractivity contribution in [3.8, 4) is 0 Å². The highest BCUT2D eigenvalue weighted by atomic mass is 15.2. The SMILES string of the molecule is Cc1ccc(C)c(C2(N(C)C)CCNC2)c1. The maximum atomic E-state index is 3.50. The first-order chi connectivity index (χ1) is 7.56. The molecule has 1 saturated heterocycles. The van der Waals surface area contributed by atoms with Gasteiger partial charge in [-0.2, -0.15) is 0 Å². The Labute approximate surface area is 98.7 Å². The summed E-state index contributed by atoms with van der Waals surface area (Å²) in [5.74, 6) is 0. The minimum absolute atomic E-state index is 0.191. The summed E-state index contributed by atoms with van der Waals surface area (Å²) in [4.78, 5) is 2.37. The Morgan fingerprint density at radius 2 is 2.00 bits per heavy atom. The third-order valence-electron chi connectivity index (χ3n) is 3.88. The zero-order valence-corrected chi connectivity index (χ0v) is 10.8. The van der Waals surface area contributed by atoms with Gasteiger partial charge in [0.05, 0.1) is 5.54 Å². The summed E-state index contributed by atoms with van der Waals surface area (Å²) in [6, 6.07) is 6.79. The molecule has 1 atom stereocenters. The summed E-state index contributed by atoms with van der Waals surface area (Å²) < 4.78 is 0. The van der Waals surface area contributed by atoms with E-state index in [0.29, 0.717) is 0 Å². The van der Waals surface area contributed by atoms with Gasteiger partial charge in [0.15, 0.2) is 0 Å². The fourth-order valence-corrected chi connectivity index (χ4v) is 2.77. The molecule has 16 heavy (non-hydrogen) atoms. The van der Waals surface area contributed by atoms with Gasteiger partial charge in [-0.1, -0.05) is 23.8 Å². The summed E-state index contributed by atoms with van der Waals surface area (Å²) >= 11 is 0. The molecule has 1 aromatic carbocycles. The highest BCUT2D eigenvalue weighted by Gasteiger charge is 2.38. The number of benzene rings is 1. The van der Waals surface area contributed by atoms with Gasteiger partial charge in [0.1, 0.15) is 0 Å². The molecule has 0 bridgehead atoms. The van der Waals surface area contributed by atoms with Crippen LogP contribution in [0.15, 0.2) is 18.2 Å². The Morgan fingerprint density at radius 1 is 1.25 bits per heavy atom. The molecule has 0 aliphatic carbocycles. The van der Waals surface area contributed by atoms with Gasteiger partial charge in [0.25, 0.3) is 0 Å². The van der Waals surface area contributed by atoms with Crippen LogP contribution in [0.5, 0.6) is 0 Å². The zero-order valence-electron chi connectivity index (χ0n) is 10.8. The van der Waals surface area contributed by atoms with Crippen molar-refractivity contribution in [2.45, 2.75) is 25.8 Å². The van der Waals surface area contributed by atoms with E-state index < -0.39 is 0 Å². The molecule has 1 unspecified atom stereocenters. The minimum Gasteiger partial charge on any atom is -0.314 e. The van der Waals surface area contributed by atoms with Crippen molar-refractivity contribution in [3.63, 3.8) is 0 Å². The number of rotatable bonds is 2. The van der Waals surface area contributed by atoms with Crippen LogP contribution in [0.4, 0.5) is 0 Å². The predicted molar refractivity (Wildman–Crippen MR) is 68.8 cm³/mol. The van der Waals surface area contributed by atoms with Crippen LogP contribution in [0.2, 0.25) is 0 Å². The maximum Gasteiger partial charge on any atom is 0.0595 e. The van der Waals surface area contributed by atoms with Gasteiger partial charge in [-0.3, -0.25) is 4.90 Å². The van der Waals surface area contributed by atoms with Gasteiger partial charge in [-0.05, 0) is 52.0 Å². The van der Waals surface area contributed by atoms with E-state index >= 15 is 0 Å². The second-order valence-electron chi connectivity index (χ2n) is 5.17. The molecule has 1 heterocycles. The fraction of sp³-hybridized carbons (Fsp3) is 0.571. The molecule has 2 heteroatoms. The third kappa shape index (κ3) is 1.76. The third-order valence-corrected chi connectivity index (χ3v) is 3.88. The van der Waals surface area contributed by atoms with E-state index in [9.17, 15) is 0 Å². The van der Waals surface area contributed by atoms with Crippen molar-refractivity contribution in [2.75, 3.05) is 27.2 Å². The fourth-order valence-electron chi connectivity index (χ4n) is 2.77. The highest BCUT2D eigenvalue weighted by molar-refractivity contribution is 5.37. The first kappa shape index (κ1) is 11.6. The molecule has 1 N–H and O–H groups in total. The molecule has 0 saturated carbocycles. The van der Waals surface area contributed by atoms with Crippen molar-refractivity contribution >= 4 is 0 Å². The molecule has 88 valence electrons. The van der Waals surface area contributed by atoms with Gasteiger partial charge in [-0.15, -0.1) is 0 Å². The number of hydrogen-bond acceptors (Lipinski definition) is 2. The molecule has 1 fully saturated rings. The first-order valence-corrected chi connectivity index (χ1v) is 6.02. The first-order valence-electron chi connectivity index (χ1n) is 6.02. The van der Waals surface area contributed by atoms with Crippen LogP contribution in [0.25, 0.3) is 0 Å². The van der Waals surface area contributed by atoms with E-state index in [2.05, 4.69) is 56.4 Å². The lowest BCUT2D eigenvalue weighted by Crippen LogP contribution is -2.43. The van der Waals surface area contributed by atoms with Crippen molar-refractivity contribution in [1.29, 1.82) is 0 Å². The number of nitrogens with one attached hydrogen (secondary N) is 1. The lowest BCUT2D eigenvalue weighted by molar-refractivity contribution is 0.173. The van der Waals surface area contributed by atoms with E-state index in [1.54, 1.807) is 0 Å². The van der Waals surface area contributed by atoms with E-state index in [-0.39, 0.29) is 5.54 Å². The molecule has 0 amide bonds. The van der Waals surface area contributed by atoms with Crippen LogP contribution in [-0.4, -0.2) is 32.1 Å². The minimum atomic E-state index is 0.191. The number of aryl methyl sites for hydroxylation is 2. The quantitative estimate of drug-likeness (QED) is 0.817. The molecule has 2 nitrogen and oxygen atoms in total. The number of hydrogen-bond donors (Lipinski definition) is 1. The summed E-state index contributed by atoms with van der Waals surface area (Å²) in [7, 11) is 4.38. The second-order valence-corrected chi connectivity index (χ2v) is 5.17. The molecule has 0 spiro atoms. The summed E-state index contributed by atoms with van der Waals surface area (Å²) in [5, 5.41) is 3.50. The lowest BCUT2D eigenvalue weighted by Gasteiger charge is -2.37. The molecule has 2 rings (SSSR count). The van der Waals surface area contributed by atoms with E-state index in [1.807, 2.05) is 0 Å². The average molecular weight is 218 g/mol. The molecule has 1 aliphatic rings. The molecule has 1 aromatic rings. The number of nitrogens with zero attached hydrogens (tertiary/aromatic N) is 1. The largest absolute Gasteiger partial charge is 0.314 e. The van der Waals surface area contributed by atoms with Gasteiger partial charge in [0, 0.05) is 6.54 Å². The normalized spacial score (nSPS) is 25.3. The average Bonchev–Trinajstić information content (AvgIpc) is 2.71. The molecule has 0 radical (unpaired) electrons. The van der Waals surface area contributed by atoms with E-state index in [1.165, 1.54) is 23.1 Å². The van der Waals surface area contributed by atoms with Crippen molar-refractivity contribution in [2.24, 2.45) is 0 Å². The Balaban J connectivity index is 2.50. The Hall–Kier alpha value is -0.860. The zero-order chi connectivity index (χ0) is 11.8. The van der Waals surface area contributed by atoms with Crippen LogP contribution < -0.4 is 5.32 Å². The highest BCUT2D eigenvalue weighted by Crippen LogP contribution is 2.35. The van der Waals surface area contributed by atoms with Crippen molar-refractivity contribution in [3.05, 3.63) is 34.9 Å². The van der Waals surface area contributed by atoms with E-state index in [0.717, 1.165) is 13.1 Å². The second kappa shape index (κ2) is 4.19. The number of likely N-dealkylation sites (N-methyl/N-ethyl adjacent to an activating group) is 1. The molecule has 1 aliphatic heterocycles. The topological polar surface area (TPSA) is 15.3 Å². The van der Waals surface area contributed by atoms with Crippen LogP contribution >= 0.6 is 0 Å². The van der Waals surface area contributed by atoms with Crippen molar-refractivity contribution in [1.82, 2.24) is 10.2 Å². The smallest absolute Gasteiger partial charge is 0.0595 e. The van der Waals surface area contributed by atoms with E-state index in [4.69, 9.17) is 0 Å². The van der Waals surface area contributed by atoms with Gasteiger partial charge in [0.2, 0.25) is 0 Å². The van der Waals surface area contributed by atoms with Crippen LogP contribution in [0, 0.1) is 13.8 Å². The Kier molecular flexibility index (Phi) is 3.04. The molecular formula is C14H22N2. The van der Waals surface area contributed by atoms with Crippen molar-refractivity contribution < 1.29 is 0 Å².